The summed E-state index contributed by atoms with van der Waals surface area (Å²) in [5.41, 5.74) is 4.50. The Morgan fingerprint density at radius 1 is 0.967 bits per heavy atom. The molecule has 1 unspecified atom stereocenters. The van der Waals surface area contributed by atoms with E-state index in [1.165, 1.54) is 11.3 Å². The van der Waals surface area contributed by atoms with Crippen molar-refractivity contribution in [1.29, 1.82) is 0 Å². The van der Waals surface area contributed by atoms with Crippen LogP contribution in [0.15, 0.2) is 75.3 Å². The smallest absolute Gasteiger partial charge is 0.258 e. The van der Waals surface area contributed by atoms with Crippen molar-refractivity contribution in [1.82, 2.24) is 9.97 Å². The van der Waals surface area contributed by atoms with E-state index in [9.17, 15) is 9.59 Å². The van der Waals surface area contributed by atoms with E-state index in [1.807, 2.05) is 60.0 Å². The first kappa shape index (κ1) is 19.2. The van der Waals surface area contributed by atoms with Crippen molar-refractivity contribution in [2.75, 3.05) is 0 Å². The Balaban J connectivity index is 1.49. The number of thiazole rings is 1. The summed E-state index contributed by atoms with van der Waals surface area (Å²) in [5.74, 6) is 0.156. The van der Waals surface area contributed by atoms with Crippen LogP contribution in [0.25, 0.3) is 21.8 Å². The van der Waals surface area contributed by atoms with Crippen molar-refractivity contribution in [2.45, 2.75) is 18.8 Å². The second-order valence-corrected chi connectivity index (χ2v) is 9.16. The molecule has 1 atom stereocenters. The van der Waals surface area contributed by atoms with Gasteiger partial charge in [-0.15, -0.1) is 11.3 Å². The molecular weight excluding hydrogens is 460 g/mol. The van der Waals surface area contributed by atoms with Crippen LogP contribution in [0.2, 0.25) is 0 Å². The number of ketones is 1. The molecule has 0 bridgehead atoms. The molecule has 0 fully saturated rings. The topological polar surface area (TPSA) is 62.8 Å². The summed E-state index contributed by atoms with van der Waals surface area (Å²) >= 11 is 4.84. The quantitative estimate of drug-likeness (QED) is 0.403. The number of hydrogen-bond donors (Lipinski definition) is 1. The van der Waals surface area contributed by atoms with Gasteiger partial charge in [-0.1, -0.05) is 58.4 Å². The number of benzene rings is 2. The summed E-state index contributed by atoms with van der Waals surface area (Å²) in [6.07, 6.45) is 1.10. The van der Waals surface area contributed by atoms with E-state index >= 15 is 0 Å². The lowest BCUT2D eigenvalue weighted by Gasteiger charge is -2.24. The van der Waals surface area contributed by atoms with Gasteiger partial charge >= 0.3 is 0 Å². The number of nitrogens with one attached hydrogen (secondary N) is 1. The van der Waals surface area contributed by atoms with Crippen LogP contribution in [0, 0.1) is 0 Å². The number of hydrogen-bond acceptors (Lipinski definition) is 4. The van der Waals surface area contributed by atoms with Crippen LogP contribution in [0.5, 0.6) is 0 Å². The molecule has 1 aliphatic carbocycles. The van der Waals surface area contributed by atoms with E-state index in [2.05, 4.69) is 25.9 Å². The molecule has 2 aromatic carbocycles. The zero-order chi connectivity index (χ0) is 20.7. The molecule has 4 nitrogen and oxygen atoms in total. The molecule has 0 saturated carbocycles. The zero-order valence-corrected chi connectivity index (χ0v) is 18.3. The number of carbonyl (C=O) groups excluding carboxylic acids is 1. The van der Waals surface area contributed by atoms with Crippen molar-refractivity contribution < 1.29 is 4.79 Å². The number of aromatic amines is 1. The highest BCUT2D eigenvalue weighted by Crippen LogP contribution is 2.34. The van der Waals surface area contributed by atoms with E-state index in [-0.39, 0.29) is 17.3 Å². The summed E-state index contributed by atoms with van der Waals surface area (Å²) < 4.78 is 1.00. The predicted octanol–water partition coefficient (Wildman–Crippen LogP) is 5.84. The van der Waals surface area contributed by atoms with Gasteiger partial charge in [0.1, 0.15) is 5.01 Å². The Labute approximate surface area is 185 Å². The van der Waals surface area contributed by atoms with Crippen LogP contribution < -0.4 is 5.56 Å². The van der Waals surface area contributed by atoms with Crippen molar-refractivity contribution >= 4 is 33.0 Å². The Bertz CT molecular complexity index is 1290. The predicted molar refractivity (Wildman–Crippen MR) is 123 cm³/mol. The minimum atomic E-state index is -0.202. The summed E-state index contributed by atoms with van der Waals surface area (Å²) in [7, 11) is 0. The van der Waals surface area contributed by atoms with Crippen LogP contribution >= 0.6 is 27.3 Å². The summed E-state index contributed by atoms with van der Waals surface area (Å²) in [6.45, 7) is 0. The lowest BCUT2D eigenvalue weighted by molar-refractivity contribution is 0.0963. The highest BCUT2D eigenvalue weighted by Gasteiger charge is 2.28. The molecule has 0 aliphatic heterocycles. The second-order valence-electron chi connectivity index (χ2n) is 7.39. The van der Waals surface area contributed by atoms with E-state index in [1.54, 1.807) is 6.07 Å². The fourth-order valence-electron chi connectivity index (χ4n) is 3.90. The van der Waals surface area contributed by atoms with Gasteiger partial charge in [0.05, 0.1) is 11.3 Å². The highest BCUT2D eigenvalue weighted by atomic mass is 79.9. The van der Waals surface area contributed by atoms with Crippen molar-refractivity contribution in [2.24, 2.45) is 0 Å². The molecule has 0 saturated heterocycles. The number of H-pyrrole nitrogens is 1. The first-order valence-electron chi connectivity index (χ1n) is 9.64. The molecule has 30 heavy (non-hydrogen) atoms. The molecule has 4 aromatic rings. The molecule has 0 radical (unpaired) electrons. The Hall–Kier alpha value is -2.83. The second kappa shape index (κ2) is 7.78. The molecule has 5 rings (SSSR count). The summed E-state index contributed by atoms with van der Waals surface area (Å²) in [6, 6.07) is 19.6. The van der Waals surface area contributed by atoms with Gasteiger partial charge < -0.3 is 4.98 Å². The maximum absolute atomic E-state index is 12.9. The van der Waals surface area contributed by atoms with E-state index in [4.69, 9.17) is 0 Å². The highest BCUT2D eigenvalue weighted by molar-refractivity contribution is 9.10. The van der Waals surface area contributed by atoms with Gasteiger partial charge in [-0.3, -0.25) is 9.59 Å². The first-order valence-corrected chi connectivity index (χ1v) is 11.3. The van der Waals surface area contributed by atoms with Gasteiger partial charge in [0, 0.05) is 33.1 Å². The summed E-state index contributed by atoms with van der Waals surface area (Å²) in [5, 5.41) is 2.56. The largest absolute Gasteiger partial charge is 0.325 e. The van der Waals surface area contributed by atoms with Gasteiger partial charge in [0.2, 0.25) is 0 Å². The van der Waals surface area contributed by atoms with Crippen LogP contribution in [0.3, 0.4) is 0 Å². The molecular formula is C24H17BrN2O2S. The number of rotatable bonds is 3. The fraction of sp³-hybridized carbons (Fsp3) is 0.125. The van der Waals surface area contributed by atoms with E-state index < -0.39 is 0 Å². The van der Waals surface area contributed by atoms with Crippen molar-refractivity contribution in [3.05, 3.63) is 97.7 Å². The molecule has 6 heteroatoms. The third-order valence-electron chi connectivity index (χ3n) is 5.45. The molecule has 0 amide bonds. The maximum atomic E-state index is 12.9. The van der Waals surface area contributed by atoms with Gasteiger partial charge in [0.15, 0.2) is 5.78 Å². The average Bonchev–Trinajstić information content (AvgIpc) is 3.24. The van der Waals surface area contributed by atoms with Crippen LogP contribution in [0.1, 0.15) is 34.0 Å². The number of Topliss-reactive ketones (excluding diaryl/α,β-unsaturated/α-hetero) is 1. The third-order valence-corrected chi connectivity index (χ3v) is 6.86. The molecule has 1 aliphatic rings. The van der Waals surface area contributed by atoms with Crippen molar-refractivity contribution in [3.8, 4) is 21.8 Å². The summed E-state index contributed by atoms with van der Waals surface area (Å²) in [4.78, 5) is 33.3. The fourth-order valence-corrected chi connectivity index (χ4v) is 5.01. The maximum Gasteiger partial charge on any atom is 0.258 e. The molecule has 2 heterocycles. The number of halogens is 1. The van der Waals surface area contributed by atoms with Crippen LogP contribution in [-0.4, -0.2) is 15.8 Å². The first-order chi connectivity index (χ1) is 14.6. The number of carbonyl (C=O) groups is 1. The van der Waals surface area contributed by atoms with E-state index in [0.717, 1.165) is 27.0 Å². The lowest BCUT2D eigenvalue weighted by Crippen LogP contribution is -2.24. The van der Waals surface area contributed by atoms with Gasteiger partial charge in [-0.2, -0.15) is 0 Å². The Morgan fingerprint density at radius 3 is 2.50 bits per heavy atom. The normalized spacial score (nSPS) is 15.8. The van der Waals surface area contributed by atoms with Crippen LogP contribution in [-0.2, 0) is 6.42 Å². The Kier molecular flexibility index (Phi) is 4.97. The van der Waals surface area contributed by atoms with Gasteiger partial charge in [0.25, 0.3) is 5.56 Å². The van der Waals surface area contributed by atoms with Crippen LogP contribution in [0.4, 0.5) is 0 Å². The molecule has 1 N–H and O–H groups in total. The number of aromatic nitrogens is 2. The van der Waals surface area contributed by atoms with Crippen molar-refractivity contribution in [3.63, 3.8) is 0 Å². The standard InChI is InChI=1S/C24H17BrN2O2S/c25-17-8-6-15(7-9-17)21-13-30-24(27-21)19-12-18-20(26-23(19)29)10-16(11-22(18)28)14-4-2-1-3-5-14/h1-9,12-13,16H,10-11H2,(H,26,29). The SMILES string of the molecule is O=C1CC(c2ccccc2)Cc2[nH]c(=O)c(-c3nc(-c4ccc(Br)cc4)cs3)cc21. The van der Waals surface area contributed by atoms with Gasteiger partial charge in [-0.25, -0.2) is 4.98 Å². The molecule has 2 aromatic heterocycles. The minimum absolute atomic E-state index is 0.0623. The number of fused-ring (bicyclic) bond motifs is 1. The monoisotopic (exact) mass is 476 g/mol. The Morgan fingerprint density at radius 2 is 1.73 bits per heavy atom. The molecule has 148 valence electrons. The lowest BCUT2D eigenvalue weighted by atomic mass is 9.81. The third kappa shape index (κ3) is 3.57. The minimum Gasteiger partial charge on any atom is -0.325 e. The van der Waals surface area contributed by atoms with Gasteiger partial charge in [-0.05, 0) is 36.1 Å². The zero-order valence-electron chi connectivity index (χ0n) is 15.9. The average molecular weight is 477 g/mol. The van der Waals surface area contributed by atoms with E-state index in [0.29, 0.717) is 29.0 Å². The molecule has 0 spiro atoms. The number of pyridine rings is 1. The number of nitrogens with zero attached hydrogens (tertiary/aromatic N) is 1.